The van der Waals surface area contributed by atoms with Crippen LogP contribution in [0.15, 0.2) is 47.1 Å². The first-order chi connectivity index (χ1) is 17.4. The van der Waals surface area contributed by atoms with Crippen molar-refractivity contribution in [1.82, 2.24) is 15.3 Å². The van der Waals surface area contributed by atoms with E-state index in [4.69, 9.17) is 4.98 Å². The van der Waals surface area contributed by atoms with Gasteiger partial charge in [0.2, 0.25) is 11.9 Å². The molecule has 2 aliphatic rings. The number of rotatable bonds is 7. The molecule has 1 fully saturated rings. The van der Waals surface area contributed by atoms with E-state index in [2.05, 4.69) is 68.1 Å². The number of amides is 1. The molecule has 3 aromatic rings. The Kier molecular flexibility index (Phi) is 7.13. The van der Waals surface area contributed by atoms with E-state index in [1.54, 1.807) is 0 Å². The highest BCUT2D eigenvalue weighted by Crippen LogP contribution is 2.40. The Bertz CT molecular complexity index is 1280. The summed E-state index contributed by atoms with van der Waals surface area (Å²) in [5.41, 5.74) is 7.37. The second-order valence-corrected chi connectivity index (χ2v) is 11.2. The van der Waals surface area contributed by atoms with Crippen LogP contribution < -0.4 is 16.0 Å². The molecule has 36 heavy (non-hydrogen) atoms. The molecule has 0 spiro atoms. The van der Waals surface area contributed by atoms with Crippen molar-refractivity contribution in [3.05, 3.63) is 75.0 Å². The molecule has 188 valence electrons. The van der Waals surface area contributed by atoms with Crippen molar-refractivity contribution >= 4 is 39.2 Å². The smallest absolute Gasteiger partial charge is 0.234 e. The topological polar surface area (TPSA) is 78.9 Å². The monoisotopic (exact) mass is 547 g/mol. The van der Waals surface area contributed by atoms with Crippen LogP contribution in [0, 0.1) is 0 Å². The largest absolute Gasteiger partial charge is 0.325 e. The molecule has 0 radical (unpaired) electrons. The fourth-order valence-corrected chi connectivity index (χ4v) is 5.86. The summed E-state index contributed by atoms with van der Waals surface area (Å²) in [4.78, 5) is 21.9. The molecule has 7 heteroatoms. The Morgan fingerprint density at radius 2 is 2.03 bits per heavy atom. The number of hydrogen-bond donors (Lipinski definition) is 3. The molecule has 1 atom stereocenters. The number of piperidine rings is 1. The molecule has 5 rings (SSSR count). The Labute approximate surface area is 221 Å². The summed E-state index contributed by atoms with van der Waals surface area (Å²) in [6.45, 7) is 8.35. The fraction of sp³-hybridized carbons (Fsp3) is 0.414. The molecule has 3 N–H and O–H groups in total. The van der Waals surface area contributed by atoms with Crippen molar-refractivity contribution in [1.29, 1.82) is 0 Å². The maximum Gasteiger partial charge on any atom is 0.234 e. The van der Waals surface area contributed by atoms with Crippen LogP contribution in [-0.4, -0.2) is 29.0 Å². The van der Waals surface area contributed by atoms with Crippen LogP contribution in [0.25, 0.3) is 0 Å². The quantitative estimate of drug-likeness (QED) is 0.336. The van der Waals surface area contributed by atoms with Gasteiger partial charge in [0.25, 0.3) is 0 Å². The van der Waals surface area contributed by atoms with Crippen molar-refractivity contribution in [2.75, 3.05) is 23.7 Å². The number of anilines is 3. The first-order valence-corrected chi connectivity index (χ1v) is 13.7. The van der Waals surface area contributed by atoms with E-state index < -0.39 is 5.41 Å². The fourth-order valence-electron chi connectivity index (χ4n) is 5.47. The number of carbonyl (C=O) groups is 1. The highest BCUT2D eigenvalue weighted by atomic mass is 79.9. The minimum absolute atomic E-state index is 0.0529. The molecule has 1 unspecified atom stereocenters. The maximum atomic E-state index is 12.5. The lowest BCUT2D eigenvalue weighted by Crippen LogP contribution is -2.28. The molecule has 0 aliphatic carbocycles. The van der Waals surface area contributed by atoms with Gasteiger partial charge < -0.3 is 16.0 Å². The van der Waals surface area contributed by atoms with Crippen molar-refractivity contribution in [2.45, 2.75) is 64.2 Å². The molecule has 0 saturated carbocycles. The van der Waals surface area contributed by atoms with Gasteiger partial charge in [0, 0.05) is 24.1 Å². The SMILES string of the molecule is CCc1cc(C2CCCNC2)ccc1Nc1ncc(Br)c(CCc2cccc3c2C(C)(C)C(=O)N3)n1. The third-order valence-electron chi connectivity index (χ3n) is 7.56. The number of aryl methyl sites for hydroxylation is 3. The van der Waals surface area contributed by atoms with Crippen LogP contribution in [0.5, 0.6) is 0 Å². The maximum absolute atomic E-state index is 12.5. The van der Waals surface area contributed by atoms with Gasteiger partial charge in [-0.15, -0.1) is 0 Å². The first kappa shape index (κ1) is 24.9. The van der Waals surface area contributed by atoms with Gasteiger partial charge in [-0.3, -0.25) is 4.79 Å². The van der Waals surface area contributed by atoms with E-state index in [1.165, 1.54) is 29.5 Å². The molecule has 1 saturated heterocycles. The summed E-state index contributed by atoms with van der Waals surface area (Å²) in [6.07, 6.45) is 6.78. The number of carbonyl (C=O) groups excluding carboxylic acids is 1. The lowest BCUT2D eigenvalue weighted by atomic mass is 9.82. The van der Waals surface area contributed by atoms with E-state index in [1.807, 2.05) is 32.2 Å². The van der Waals surface area contributed by atoms with E-state index in [0.29, 0.717) is 11.9 Å². The molecule has 2 aliphatic heterocycles. The normalized spacial score (nSPS) is 18.6. The van der Waals surface area contributed by atoms with E-state index in [-0.39, 0.29) is 5.91 Å². The number of aromatic nitrogens is 2. The van der Waals surface area contributed by atoms with Gasteiger partial charge in [0.1, 0.15) is 0 Å². The number of fused-ring (bicyclic) bond motifs is 1. The summed E-state index contributed by atoms with van der Waals surface area (Å²) in [7, 11) is 0. The standard InChI is InChI=1S/C29H34BrN5O/c1-4-18-15-20(21-8-6-14-31-16-21)11-12-23(18)34-28-32-17-22(30)24(35-28)13-10-19-7-5-9-25-26(19)29(2,3)27(36)33-25/h5,7,9,11-12,15,17,21,31H,4,6,8,10,13-14,16H2,1-3H3,(H,33,36)(H,32,34,35). The third kappa shape index (κ3) is 4.91. The van der Waals surface area contributed by atoms with Gasteiger partial charge in [-0.05, 0) is 109 Å². The van der Waals surface area contributed by atoms with Gasteiger partial charge in [0.05, 0.1) is 15.6 Å². The minimum Gasteiger partial charge on any atom is -0.325 e. The van der Waals surface area contributed by atoms with Gasteiger partial charge in [-0.1, -0.05) is 31.2 Å². The van der Waals surface area contributed by atoms with Crippen molar-refractivity contribution in [3.63, 3.8) is 0 Å². The zero-order chi connectivity index (χ0) is 25.3. The van der Waals surface area contributed by atoms with Gasteiger partial charge >= 0.3 is 0 Å². The molecule has 0 bridgehead atoms. The van der Waals surface area contributed by atoms with Crippen LogP contribution in [0.4, 0.5) is 17.3 Å². The van der Waals surface area contributed by atoms with Crippen LogP contribution in [0.2, 0.25) is 0 Å². The van der Waals surface area contributed by atoms with Gasteiger partial charge in [-0.2, -0.15) is 0 Å². The molecular weight excluding hydrogens is 514 g/mol. The lowest BCUT2D eigenvalue weighted by Gasteiger charge is -2.24. The zero-order valence-corrected chi connectivity index (χ0v) is 22.8. The van der Waals surface area contributed by atoms with Crippen molar-refractivity contribution in [3.8, 4) is 0 Å². The molecule has 2 aromatic carbocycles. The molecule has 3 heterocycles. The Morgan fingerprint density at radius 3 is 2.81 bits per heavy atom. The molecule has 1 aromatic heterocycles. The number of halogens is 1. The Morgan fingerprint density at radius 1 is 1.17 bits per heavy atom. The summed E-state index contributed by atoms with van der Waals surface area (Å²) < 4.78 is 0.893. The van der Waals surface area contributed by atoms with Crippen LogP contribution in [-0.2, 0) is 29.5 Å². The molecular formula is C29H34BrN5O. The average molecular weight is 549 g/mol. The van der Waals surface area contributed by atoms with Crippen LogP contribution in [0.1, 0.15) is 67.5 Å². The zero-order valence-electron chi connectivity index (χ0n) is 21.2. The van der Waals surface area contributed by atoms with E-state index in [9.17, 15) is 4.79 Å². The molecule has 6 nitrogen and oxygen atoms in total. The van der Waals surface area contributed by atoms with Crippen molar-refractivity contribution < 1.29 is 4.79 Å². The number of hydrogen-bond acceptors (Lipinski definition) is 5. The predicted octanol–water partition coefficient (Wildman–Crippen LogP) is 6.03. The number of nitrogens with one attached hydrogen (secondary N) is 3. The lowest BCUT2D eigenvalue weighted by molar-refractivity contribution is -0.119. The summed E-state index contributed by atoms with van der Waals surface area (Å²) in [5, 5.41) is 10.0. The highest BCUT2D eigenvalue weighted by Gasteiger charge is 2.39. The van der Waals surface area contributed by atoms with E-state index >= 15 is 0 Å². The van der Waals surface area contributed by atoms with E-state index in [0.717, 1.165) is 59.5 Å². The minimum atomic E-state index is -0.530. The summed E-state index contributed by atoms with van der Waals surface area (Å²) in [6, 6.07) is 12.9. The van der Waals surface area contributed by atoms with Crippen molar-refractivity contribution in [2.24, 2.45) is 0 Å². The summed E-state index contributed by atoms with van der Waals surface area (Å²) >= 11 is 3.64. The predicted molar refractivity (Wildman–Crippen MR) is 149 cm³/mol. The van der Waals surface area contributed by atoms with Gasteiger partial charge in [0.15, 0.2) is 0 Å². The summed E-state index contributed by atoms with van der Waals surface area (Å²) in [5.74, 6) is 1.24. The van der Waals surface area contributed by atoms with Crippen LogP contribution in [0.3, 0.4) is 0 Å². The Hall–Kier alpha value is -2.77. The average Bonchev–Trinajstić information content (AvgIpc) is 3.13. The number of nitrogens with zero attached hydrogens (tertiary/aromatic N) is 2. The highest BCUT2D eigenvalue weighted by molar-refractivity contribution is 9.10. The Balaban J connectivity index is 1.34. The third-order valence-corrected chi connectivity index (χ3v) is 8.23. The second-order valence-electron chi connectivity index (χ2n) is 10.3. The second kappa shape index (κ2) is 10.3. The first-order valence-electron chi connectivity index (χ1n) is 12.9. The van der Waals surface area contributed by atoms with Gasteiger partial charge in [-0.25, -0.2) is 9.97 Å². The molecule has 1 amide bonds. The van der Waals surface area contributed by atoms with Crippen LogP contribution >= 0.6 is 15.9 Å². The number of benzene rings is 2.